The lowest BCUT2D eigenvalue weighted by Gasteiger charge is -2.33. The molecule has 3 nitrogen and oxygen atoms in total. The third-order valence-corrected chi connectivity index (χ3v) is 3.75. The minimum atomic E-state index is -2.48. The van der Waals surface area contributed by atoms with Crippen LogP contribution in [0.2, 0.25) is 0 Å². The molecule has 0 amide bonds. The van der Waals surface area contributed by atoms with E-state index in [0.717, 1.165) is 18.7 Å². The molecule has 0 saturated heterocycles. The summed E-state index contributed by atoms with van der Waals surface area (Å²) in [4.78, 5) is 8.42. The fourth-order valence-electron chi connectivity index (χ4n) is 2.68. The second-order valence-electron chi connectivity index (χ2n) is 5.26. The quantitative estimate of drug-likeness (QED) is 0.890. The van der Waals surface area contributed by atoms with Crippen LogP contribution in [0.15, 0.2) is 18.6 Å². The van der Waals surface area contributed by atoms with Crippen LogP contribution < -0.4 is 5.32 Å². The Kier molecular flexibility index (Phi) is 4.80. The highest BCUT2D eigenvalue weighted by Crippen LogP contribution is 2.40. The smallest absolute Gasteiger partial charge is 0.248 e. The Labute approximate surface area is 112 Å². The van der Waals surface area contributed by atoms with Crippen molar-refractivity contribution in [2.75, 3.05) is 6.54 Å². The zero-order chi connectivity index (χ0) is 13.7. The van der Waals surface area contributed by atoms with Crippen LogP contribution in [0.3, 0.4) is 0 Å². The topological polar surface area (TPSA) is 37.8 Å². The van der Waals surface area contributed by atoms with E-state index in [9.17, 15) is 8.78 Å². The summed E-state index contributed by atoms with van der Waals surface area (Å²) in [5, 5.41) is 3.44. The van der Waals surface area contributed by atoms with Crippen molar-refractivity contribution in [2.45, 2.75) is 51.0 Å². The monoisotopic (exact) mass is 269 g/mol. The van der Waals surface area contributed by atoms with E-state index in [1.807, 2.05) is 0 Å². The first kappa shape index (κ1) is 14.3. The van der Waals surface area contributed by atoms with Crippen molar-refractivity contribution in [1.29, 1.82) is 0 Å². The second-order valence-corrected chi connectivity index (χ2v) is 5.26. The first-order valence-electron chi connectivity index (χ1n) is 6.99. The number of halogens is 2. The molecule has 0 bridgehead atoms. The fraction of sp³-hybridized carbons (Fsp3) is 0.714. The van der Waals surface area contributed by atoms with Gasteiger partial charge in [0.1, 0.15) is 0 Å². The largest absolute Gasteiger partial charge is 0.308 e. The van der Waals surface area contributed by atoms with Gasteiger partial charge in [-0.15, -0.1) is 0 Å². The minimum absolute atomic E-state index is 0.0117. The molecule has 1 atom stereocenters. The molecule has 1 N–H and O–H groups in total. The summed E-state index contributed by atoms with van der Waals surface area (Å²) in [5.74, 6) is -2.25. The van der Waals surface area contributed by atoms with E-state index in [0.29, 0.717) is 12.8 Å². The van der Waals surface area contributed by atoms with Crippen molar-refractivity contribution in [1.82, 2.24) is 15.3 Å². The zero-order valence-corrected chi connectivity index (χ0v) is 11.3. The van der Waals surface area contributed by atoms with Gasteiger partial charge in [0, 0.05) is 31.4 Å². The third-order valence-electron chi connectivity index (χ3n) is 3.75. The average molecular weight is 269 g/mol. The van der Waals surface area contributed by atoms with E-state index >= 15 is 0 Å². The molecular formula is C14H21F2N3. The number of hydrogen-bond donors (Lipinski definition) is 1. The van der Waals surface area contributed by atoms with Gasteiger partial charge < -0.3 is 5.32 Å². The Hall–Kier alpha value is -1.10. The lowest BCUT2D eigenvalue weighted by Crippen LogP contribution is -2.35. The summed E-state index contributed by atoms with van der Waals surface area (Å²) >= 11 is 0. The van der Waals surface area contributed by atoms with Crippen molar-refractivity contribution in [2.24, 2.45) is 5.92 Å². The highest BCUT2D eigenvalue weighted by molar-refractivity contribution is 5.05. The minimum Gasteiger partial charge on any atom is -0.308 e. The summed E-state index contributed by atoms with van der Waals surface area (Å²) in [6.45, 7) is 2.96. The second kappa shape index (κ2) is 6.37. The average Bonchev–Trinajstić information content (AvgIpc) is 2.42. The van der Waals surface area contributed by atoms with Crippen LogP contribution in [0.1, 0.15) is 50.8 Å². The lowest BCUT2D eigenvalue weighted by atomic mass is 9.81. The normalized spacial score (nSPS) is 21.2. The van der Waals surface area contributed by atoms with Gasteiger partial charge in [-0.1, -0.05) is 6.92 Å². The van der Waals surface area contributed by atoms with Crippen LogP contribution in [0.4, 0.5) is 8.78 Å². The molecule has 1 aliphatic carbocycles. The summed E-state index contributed by atoms with van der Waals surface area (Å²) < 4.78 is 26.5. The molecule has 106 valence electrons. The molecule has 1 fully saturated rings. The molecule has 5 heteroatoms. The molecule has 0 aliphatic heterocycles. The van der Waals surface area contributed by atoms with Crippen LogP contribution >= 0.6 is 0 Å². The third kappa shape index (κ3) is 3.93. The van der Waals surface area contributed by atoms with E-state index in [1.165, 1.54) is 0 Å². The van der Waals surface area contributed by atoms with E-state index in [2.05, 4.69) is 22.2 Å². The van der Waals surface area contributed by atoms with Crippen molar-refractivity contribution >= 4 is 0 Å². The Morgan fingerprint density at radius 2 is 2.11 bits per heavy atom. The summed E-state index contributed by atoms with van der Waals surface area (Å²) in [6.07, 6.45) is 7.11. The fourth-order valence-corrected chi connectivity index (χ4v) is 2.68. The van der Waals surface area contributed by atoms with E-state index in [4.69, 9.17) is 0 Å². The van der Waals surface area contributed by atoms with E-state index in [-0.39, 0.29) is 24.8 Å². The molecular weight excluding hydrogens is 248 g/mol. The molecule has 1 unspecified atom stereocenters. The molecule has 0 spiro atoms. The highest BCUT2D eigenvalue weighted by Gasteiger charge is 2.38. The van der Waals surface area contributed by atoms with Crippen LogP contribution in [0.25, 0.3) is 0 Å². The van der Waals surface area contributed by atoms with Gasteiger partial charge in [0.05, 0.1) is 11.7 Å². The molecule has 2 rings (SSSR count). The highest BCUT2D eigenvalue weighted by atomic mass is 19.3. The summed E-state index contributed by atoms with van der Waals surface area (Å²) in [7, 11) is 0. The van der Waals surface area contributed by atoms with Gasteiger partial charge in [-0.2, -0.15) is 0 Å². The standard InChI is InChI=1S/C14H21F2N3/c1-2-7-19-13(12-10-17-8-9-18-12)11-3-5-14(15,16)6-4-11/h8-11,13,19H,2-7H2,1H3. The van der Waals surface area contributed by atoms with Crippen LogP contribution in [-0.4, -0.2) is 22.4 Å². The molecule has 1 aromatic heterocycles. The van der Waals surface area contributed by atoms with Crippen molar-refractivity contribution < 1.29 is 8.78 Å². The maximum Gasteiger partial charge on any atom is 0.248 e. The van der Waals surface area contributed by atoms with Crippen LogP contribution in [-0.2, 0) is 0 Å². The Morgan fingerprint density at radius 1 is 1.37 bits per heavy atom. The number of nitrogens with one attached hydrogen (secondary N) is 1. The maximum absolute atomic E-state index is 13.2. The lowest BCUT2D eigenvalue weighted by molar-refractivity contribution is -0.0499. The molecule has 0 aromatic carbocycles. The van der Waals surface area contributed by atoms with Gasteiger partial charge >= 0.3 is 0 Å². The molecule has 1 saturated carbocycles. The van der Waals surface area contributed by atoms with Crippen LogP contribution in [0.5, 0.6) is 0 Å². The van der Waals surface area contributed by atoms with Gasteiger partial charge in [-0.05, 0) is 31.7 Å². The molecule has 0 radical (unpaired) electrons. The first-order chi connectivity index (χ1) is 9.12. The predicted octanol–water partition coefficient (Wildman–Crippen LogP) is 3.34. The maximum atomic E-state index is 13.2. The predicted molar refractivity (Wildman–Crippen MR) is 70.0 cm³/mol. The number of nitrogens with zero attached hydrogens (tertiary/aromatic N) is 2. The van der Waals surface area contributed by atoms with Crippen molar-refractivity contribution in [3.8, 4) is 0 Å². The molecule has 19 heavy (non-hydrogen) atoms. The SMILES string of the molecule is CCCNC(c1cnccn1)C1CCC(F)(F)CC1. The van der Waals surface area contributed by atoms with Crippen LogP contribution in [0, 0.1) is 5.92 Å². The van der Waals surface area contributed by atoms with Gasteiger partial charge in [0.25, 0.3) is 0 Å². The number of alkyl halides is 2. The van der Waals surface area contributed by atoms with E-state index in [1.54, 1.807) is 18.6 Å². The van der Waals surface area contributed by atoms with Gasteiger partial charge in [0.2, 0.25) is 5.92 Å². The molecule has 1 aliphatic rings. The van der Waals surface area contributed by atoms with Crippen molar-refractivity contribution in [3.63, 3.8) is 0 Å². The molecule has 1 heterocycles. The van der Waals surface area contributed by atoms with Crippen molar-refractivity contribution in [3.05, 3.63) is 24.3 Å². The summed E-state index contributed by atoms with van der Waals surface area (Å²) in [6, 6.07) is 0.0461. The zero-order valence-electron chi connectivity index (χ0n) is 11.3. The Bertz CT molecular complexity index is 374. The molecule has 1 aromatic rings. The first-order valence-corrected chi connectivity index (χ1v) is 6.99. The van der Waals surface area contributed by atoms with E-state index < -0.39 is 5.92 Å². The Balaban J connectivity index is 2.06. The van der Waals surface area contributed by atoms with Gasteiger partial charge in [-0.25, -0.2) is 8.78 Å². The summed E-state index contributed by atoms with van der Waals surface area (Å²) in [5.41, 5.74) is 0.867. The number of aromatic nitrogens is 2. The Morgan fingerprint density at radius 3 is 2.68 bits per heavy atom. The number of rotatable bonds is 5. The van der Waals surface area contributed by atoms with Gasteiger partial charge in [0.15, 0.2) is 0 Å². The number of hydrogen-bond acceptors (Lipinski definition) is 3. The van der Waals surface area contributed by atoms with Gasteiger partial charge in [-0.3, -0.25) is 9.97 Å².